The summed E-state index contributed by atoms with van der Waals surface area (Å²) in [5.41, 5.74) is 1.10. The van der Waals surface area contributed by atoms with Crippen molar-refractivity contribution < 1.29 is 9.53 Å². The minimum absolute atomic E-state index is 0.0322. The van der Waals surface area contributed by atoms with Gasteiger partial charge in [-0.05, 0) is 25.0 Å². The van der Waals surface area contributed by atoms with Gasteiger partial charge in [-0.15, -0.1) is 0 Å². The number of ether oxygens (including phenoxy) is 1. The summed E-state index contributed by atoms with van der Waals surface area (Å²) in [5, 5.41) is 0. The monoisotopic (exact) mass is 203 g/mol. The molecule has 0 aromatic carbocycles. The van der Waals surface area contributed by atoms with Crippen molar-refractivity contribution in [1.82, 2.24) is 4.98 Å². The van der Waals surface area contributed by atoms with Crippen LogP contribution in [0.2, 0.25) is 0 Å². The van der Waals surface area contributed by atoms with E-state index in [1.54, 1.807) is 0 Å². The molecule has 15 heavy (non-hydrogen) atoms. The summed E-state index contributed by atoms with van der Waals surface area (Å²) in [4.78, 5) is 15.7. The highest BCUT2D eigenvalue weighted by Crippen LogP contribution is 2.45. The third-order valence-electron chi connectivity index (χ3n) is 3.54. The van der Waals surface area contributed by atoms with Gasteiger partial charge in [0.15, 0.2) is 0 Å². The Morgan fingerprint density at radius 2 is 2.13 bits per heavy atom. The first-order valence-electron chi connectivity index (χ1n) is 5.40. The molecule has 1 spiro atoms. The van der Waals surface area contributed by atoms with Gasteiger partial charge in [-0.2, -0.15) is 0 Å². The smallest absolute Gasteiger partial charge is 0.141 e. The lowest BCUT2D eigenvalue weighted by atomic mass is 9.72. The molecule has 3 heteroatoms. The molecule has 1 aliphatic carbocycles. The summed E-state index contributed by atoms with van der Waals surface area (Å²) in [5.74, 6) is 1.29. The van der Waals surface area contributed by atoms with Crippen LogP contribution in [-0.4, -0.2) is 17.4 Å². The fourth-order valence-corrected chi connectivity index (χ4v) is 2.58. The van der Waals surface area contributed by atoms with Crippen LogP contribution in [0.25, 0.3) is 0 Å². The van der Waals surface area contributed by atoms with Crippen molar-refractivity contribution in [3.8, 4) is 5.75 Å². The Balaban J connectivity index is 1.98. The predicted molar refractivity (Wildman–Crippen MR) is 54.9 cm³/mol. The van der Waals surface area contributed by atoms with Gasteiger partial charge >= 0.3 is 0 Å². The van der Waals surface area contributed by atoms with E-state index in [1.165, 1.54) is 0 Å². The van der Waals surface area contributed by atoms with Crippen molar-refractivity contribution in [2.45, 2.75) is 31.1 Å². The summed E-state index contributed by atoms with van der Waals surface area (Å²) in [6.07, 6.45) is 4.97. The first-order chi connectivity index (χ1) is 7.30. The maximum atomic E-state index is 11.3. The quantitative estimate of drug-likeness (QED) is 0.646. The highest BCUT2D eigenvalue weighted by atomic mass is 16.5. The Morgan fingerprint density at radius 1 is 1.33 bits per heavy atom. The van der Waals surface area contributed by atoms with E-state index in [1.807, 2.05) is 18.3 Å². The molecular weight excluding hydrogens is 190 g/mol. The molecule has 0 unspecified atom stereocenters. The first kappa shape index (κ1) is 8.89. The summed E-state index contributed by atoms with van der Waals surface area (Å²) in [7, 11) is 0. The number of pyridine rings is 1. The van der Waals surface area contributed by atoms with Gasteiger partial charge in [-0.25, -0.2) is 0 Å². The third-order valence-corrected chi connectivity index (χ3v) is 3.54. The lowest BCUT2D eigenvalue weighted by Gasteiger charge is -2.30. The Hall–Kier alpha value is -1.38. The van der Waals surface area contributed by atoms with Crippen molar-refractivity contribution in [3.05, 3.63) is 24.0 Å². The maximum Gasteiger partial charge on any atom is 0.141 e. The van der Waals surface area contributed by atoms with Crippen molar-refractivity contribution in [3.63, 3.8) is 0 Å². The van der Waals surface area contributed by atoms with Gasteiger partial charge in [0, 0.05) is 19.0 Å². The summed E-state index contributed by atoms with van der Waals surface area (Å²) in [6, 6.07) is 3.86. The molecule has 1 aromatic rings. The standard InChI is InChI=1S/C12H13NO2/c14-9-3-5-12(6-4-9)8-15-10-2-1-7-13-11(10)12/h1-2,7H,3-6,8H2. The molecule has 1 aliphatic heterocycles. The van der Waals surface area contributed by atoms with Crippen LogP contribution in [-0.2, 0) is 10.2 Å². The fourth-order valence-electron chi connectivity index (χ4n) is 2.58. The van der Waals surface area contributed by atoms with Crippen LogP contribution in [0.4, 0.5) is 0 Å². The first-order valence-corrected chi connectivity index (χ1v) is 5.40. The van der Waals surface area contributed by atoms with Crippen LogP contribution in [0.5, 0.6) is 5.75 Å². The molecule has 1 aromatic heterocycles. The second kappa shape index (κ2) is 3.05. The Bertz CT molecular complexity index is 404. The molecule has 1 fully saturated rings. The summed E-state index contributed by atoms with van der Waals surface area (Å²) >= 11 is 0. The molecule has 0 saturated heterocycles. The normalized spacial score (nSPS) is 22.5. The lowest BCUT2D eigenvalue weighted by molar-refractivity contribution is -0.121. The molecule has 3 rings (SSSR count). The number of carbonyl (C=O) groups excluding carboxylic acids is 1. The molecule has 3 nitrogen and oxygen atoms in total. The van der Waals surface area contributed by atoms with E-state index < -0.39 is 0 Å². The Morgan fingerprint density at radius 3 is 2.93 bits per heavy atom. The molecule has 0 radical (unpaired) electrons. The lowest BCUT2D eigenvalue weighted by Crippen LogP contribution is -2.34. The molecule has 2 heterocycles. The molecule has 0 amide bonds. The van der Waals surface area contributed by atoms with Crippen molar-refractivity contribution in [1.29, 1.82) is 0 Å². The minimum atomic E-state index is 0.0322. The topological polar surface area (TPSA) is 39.2 Å². The number of hydrogen-bond donors (Lipinski definition) is 0. The highest BCUT2D eigenvalue weighted by molar-refractivity contribution is 5.79. The maximum absolute atomic E-state index is 11.3. The molecule has 0 N–H and O–H groups in total. The number of Topliss-reactive ketones (excluding diaryl/α,β-unsaturated/α-hetero) is 1. The number of aromatic nitrogens is 1. The van der Waals surface area contributed by atoms with Crippen LogP contribution in [0.3, 0.4) is 0 Å². The third kappa shape index (κ3) is 1.26. The van der Waals surface area contributed by atoms with Crippen LogP contribution < -0.4 is 4.74 Å². The Kier molecular flexibility index (Phi) is 1.81. The van der Waals surface area contributed by atoms with Crippen LogP contribution in [0.15, 0.2) is 18.3 Å². The van der Waals surface area contributed by atoms with Crippen molar-refractivity contribution >= 4 is 5.78 Å². The van der Waals surface area contributed by atoms with Gasteiger partial charge in [0.25, 0.3) is 0 Å². The van der Waals surface area contributed by atoms with Crippen LogP contribution in [0, 0.1) is 0 Å². The minimum Gasteiger partial charge on any atom is -0.491 e. The average molecular weight is 203 g/mol. The largest absolute Gasteiger partial charge is 0.491 e. The van der Waals surface area contributed by atoms with E-state index in [0.717, 1.165) is 24.3 Å². The molecular formula is C12H13NO2. The second-order valence-electron chi connectivity index (χ2n) is 4.46. The van der Waals surface area contributed by atoms with Crippen molar-refractivity contribution in [2.75, 3.05) is 6.61 Å². The summed E-state index contributed by atoms with van der Waals surface area (Å²) in [6.45, 7) is 0.701. The van der Waals surface area contributed by atoms with Crippen LogP contribution >= 0.6 is 0 Å². The van der Waals surface area contributed by atoms with Gasteiger partial charge in [-0.3, -0.25) is 9.78 Å². The van der Waals surface area contributed by atoms with Gasteiger partial charge in [-0.1, -0.05) is 0 Å². The molecule has 78 valence electrons. The van der Waals surface area contributed by atoms with Gasteiger partial charge in [0.1, 0.15) is 11.5 Å². The zero-order valence-electron chi connectivity index (χ0n) is 8.53. The van der Waals surface area contributed by atoms with E-state index in [0.29, 0.717) is 25.2 Å². The number of fused-ring (bicyclic) bond motifs is 2. The SMILES string of the molecule is O=C1CCC2(CC1)COc1cccnc12. The Labute approximate surface area is 88.5 Å². The van der Waals surface area contributed by atoms with E-state index in [2.05, 4.69) is 4.98 Å². The number of carbonyl (C=O) groups is 1. The molecule has 0 atom stereocenters. The number of rotatable bonds is 0. The van der Waals surface area contributed by atoms with E-state index in [9.17, 15) is 4.79 Å². The van der Waals surface area contributed by atoms with Crippen molar-refractivity contribution in [2.24, 2.45) is 0 Å². The number of hydrogen-bond acceptors (Lipinski definition) is 3. The molecule has 2 aliphatic rings. The summed E-state index contributed by atoms with van der Waals surface area (Å²) < 4.78 is 5.65. The van der Waals surface area contributed by atoms with E-state index in [-0.39, 0.29) is 5.41 Å². The average Bonchev–Trinajstić information content (AvgIpc) is 2.63. The number of nitrogens with zero attached hydrogens (tertiary/aromatic N) is 1. The van der Waals surface area contributed by atoms with E-state index >= 15 is 0 Å². The number of ketones is 1. The predicted octanol–water partition coefficient (Wildman–Crippen LogP) is 1.85. The van der Waals surface area contributed by atoms with Gasteiger partial charge in [0.2, 0.25) is 0 Å². The fraction of sp³-hybridized carbons (Fsp3) is 0.500. The molecule has 1 saturated carbocycles. The second-order valence-corrected chi connectivity index (χ2v) is 4.46. The highest BCUT2D eigenvalue weighted by Gasteiger charge is 2.44. The molecule has 0 bridgehead atoms. The van der Waals surface area contributed by atoms with Gasteiger partial charge in [0.05, 0.1) is 17.7 Å². The zero-order chi connectivity index (χ0) is 10.3. The zero-order valence-corrected chi connectivity index (χ0v) is 8.53. The van der Waals surface area contributed by atoms with Gasteiger partial charge < -0.3 is 4.74 Å². The van der Waals surface area contributed by atoms with E-state index in [4.69, 9.17) is 4.74 Å². The van der Waals surface area contributed by atoms with Crippen LogP contribution in [0.1, 0.15) is 31.4 Å².